The molecule has 1 aliphatic carbocycles. The minimum atomic E-state index is -0.134. The number of hydrogen-bond acceptors (Lipinski definition) is 7. The molecule has 0 radical (unpaired) electrons. The van der Waals surface area contributed by atoms with Gasteiger partial charge < -0.3 is 24.4 Å². The molecule has 8 nitrogen and oxygen atoms in total. The fourth-order valence-corrected chi connectivity index (χ4v) is 4.03. The van der Waals surface area contributed by atoms with Crippen molar-refractivity contribution in [3.8, 4) is 0 Å². The van der Waals surface area contributed by atoms with Crippen LogP contribution in [-0.2, 0) is 14.2 Å². The summed E-state index contributed by atoms with van der Waals surface area (Å²) in [5.74, 6) is 1.11. The molecule has 0 unspecified atom stereocenters. The second-order valence-corrected chi connectivity index (χ2v) is 6.78. The van der Waals surface area contributed by atoms with Gasteiger partial charge in [0.15, 0.2) is 0 Å². The number of aromatic nitrogens is 2. The van der Waals surface area contributed by atoms with Crippen LogP contribution in [0, 0.1) is 11.8 Å². The molecule has 0 bridgehead atoms. The van der Waals surface area contributed by atoms with Crippen molar-refractivity contribution in [2.45, 2.75) is 18.6 Å². The summed E-state index contributed by atoms with van der Waals surface area (Å²) in [5, 5.41) is 3.13. The number of nitrogens with zero attached hydrogens (tertiary/aromatic N) is 3. The van der Waals surface area contributed by atoms with Crippen LogP contribution in [0.2, 0.25) is 0 Å². The molecule has 4 rings (SSSR count). The summed E-state index contributed by atoms with van der Waals surface area (Å²) in [6.07, 6.45) is 4.40. The molecule has 1 N–H and O–H groups in total. The van der Waals surface area contributed by atoms with E-state index in [1.54, 1.807) is 19.5 Å². The summed E-state index contributed by atoms with van der Waals surface area (Å²) in [7, 11) is 1.68. The van der Waals surface area contributed by atoms with Gasteiger partial charge in [0.05, 0.1) is 31.5 Å². The van der Waals surface area contributed by atoms with E-state index >= 15 is 0 Å². The Balaban J connectivity index is 1.39. The fraction of sp³-hybridized carbons (Fsp3) is 0.706. The number of anilines is 1. The van der Waals surface area contributed by atoms with Gasteiger partial charge in [0, 0.05) is 57.1 Å². The molecule has 25 heavy (non-hydrogen) atoms. The molecular formula is C17H24N4O4. The van der Waals surface area contributed by atoms with Gasteiger partial charge in [0.1, 0.15) is 0 Å². The molecule has 3 aliphatic rings. The van der Waals surface area contributed by atoms with Crippen molar-refractivity contribution < 1.29 is 19.0 Å². The van der Waals surface area contributed by atoms with E-state index in [-0.39, 0.29) is 24.0 Å². The molecule has 4 atom stereocenters. The first-order valence-corrected chi connectivity index (χ1v) is 8.84. The van der Waals surface area contributed by atoms with Gasteiger partial charge in [0.2, 0.25) is 5.95 Å². The van der Waals surface area contributed by atoms with Gasteiger partial charge in [-0.1, -0.05) is 0 Å². The third kappa shape index (κ3) is 3.21. The molecule has 2 saturated heterocycles. The van der Waals surface area contributed by atoms with Gasteiger partial charge in [-0.05, 0) is 6.42 Å². The van der Waals surface area contributed by atoms with E-state index in [9.17, 15) is 4.79 Å². The Morgan fingerprint density at radius 2 is 2.08 bits per heavy atom. The first-order chi connectivity index (χ1) is 12.3. The van der Waals surface area contributed by atoms with E-state index in [0.717, 1.165) is 26.1 Å². The molecule has 2 aliphatic heterocycles. The monoisotopic (exact) mass is 348 g/mol. The number of ether oxygens (including phenoxy) is 3. The van der Waals surface area contributed by atoms with E-state index in [2.05, 4.69) is 20.2 Å². The number of hydrogen-bond donors (Lipinski definition) is 1. The van der Waals surface area contributed by atoms with E-state index in [1.165, 1.54) is 0 Å². The van der Waals surface area contributed by atoms with Gasteiger partial charge in [-0.2, -0.15) is 0 Å². The first-order valence-electron chi connectivity index (χ1n) is 8.84. The van der Waals surface area contributed by atoms with Gasteiger partial charge in [-0.3, -0.25) is 4.79 Å². The summed E-state index contributed by atoms with van der Waals surface area (Å²) < 4.78 is 16.4. The lowest BCUT2D eigenvalue weighted by Crippen LogP contribution is -2.62. The Morgan fingerprint density at radius 1 is 1.32 bits per heavy atom. The summed E-state index contributed by atoms with van der Waals surface area (Å²) in [6, 6.07) is 0.0962. The quantitative estimate of drug-likeness (QED) is 0.807. The second-order valence-electron chi connectivity index (χ2n) is 6.78. The maximum Gasteiger partial charge on any atom is 0.254 e. The normalized spacial score (nSPS) is 31.3. The Kier molecular flexibility index (Phi) is 4.82. The predicted molar refractivity (Wildman–Crippen MR) is 89.5 cm³/mol. The molecule has 1 saturated carbocycles. The number of amides is 1. The molecule has 8 heteroatoms. The van der Waals surface area contributed by atoms with Gasteiger partial charge in [-0.15, -0.1) is 0 Å². The Hall–Kier alpha value is -1.77. The van der Waals surface area contributed by atoms with Crippen molar-refractivity contribution in [2.24, 2.45) is 11.8 Å². The van der Waals surface area contributed by atoms with Crippen molar-refractivity contribution in [3.05, 3.63) is 18.0 Å². The first kappa shape index (κ1) is 16.7. The van der Waals surface area contributed by atoms with E-state index in [1.807, 2.05) is 0 Å². The number of rotatable bonds is 5. The molecule has 1 aromatic heterocycles. The number of nitrogens with one attached hydrogen (secondary N) is 1. The van der Waals surface area contributed by atoms with Crippen LogP contribution in [0.4, 0.5) is 5.95 Å². The van der Waals surface area contributed by atoms with Gasteiger partial charge >= 0.3 is 0 Å². The molecule has 136 valence electrons. The maximum absolute atomic E-state index is 12.6. The second kappa shape index (κ2) is 7.23. The summed E-state index contributed by atoms with van der Waals surface area (Å²) in [4.78, 5) is 23.3. The van der Waals surface area contributed by atoms with Crippen molar-refractivity contribution in [1.29, 1.82) is 0 Å². The fourth-order valence-electron chi connectivity index (χ4n) is 4.03. The van der Waals surface area contributed by atoms with Crippen LogP contribution in [-0.4, -0.2) is 74.6 Å². The highest BCUT2D eigenvalue weighted by Crippen LogP contribution is 2.43. The lowest BCUT2D eigenvalue weighted by molar-refractivity contribution is -0.0809. The highest BCUT2D eigenvalue weighted by molar-refractivity contribution is 5.94. The SMILES string of the molecule is COC[C@@H]1[C@H](NC(=O)c2cnc(N3CCOCC3)nc2)[C@@H]2CCO[C@H]12. The van der Waals surface area contributed by atoms with E-state index < -0.39 is 0 Å². The zero-order valence-electron chi connectivity index (χ0n) is 14.4. The number of carbonyl (C=O) groups is 1. The van der Waals surface area contributed by atoms with Crippen molar-refractivity contribution >= 4 is 11.9 Å². The highest BCUT2D eigenvalue weighted by Gasteiger charge is 2.54. The zero-order chi connectivity index (χ0) is 17.2. The lowest BCUT2D eigenvalue weighted by atomic mass is 9.67. The maximum atomic E-state index is 12.6. The molecular weight excluding hydrogens is 324 g/mol. The van der Waals surface area contributed by atoms with Crippen LogP contribution in [0.3, 0.4) is 0 Å². The Labute approximate surface area is 146 Å². The van der Waals surface area contributed by atoms with Gasteiger partial charge in [0.25, 0.3) is 5.91 Å². The van der Waals surface area contributed by atoms with Crippen LogP contribution < -0.4 is 10.2 Å². The summed E-state index contributed by atoms with van der Waals surface area (Å²) in [5.41, 5.74) is 0.482. The highest BCUT2D eigenvalue weighted by atomic mass is 16.5. The zero-order valence-corrected chi connectivity index (χ0v) is 14.4. The van der Waals surface area contributed by atoms with Crippen molar-refractivity contribution in [2.75, 3.05) is 51.5 Å². The average Bonchev–Trinajstić information content (AvgIpc) is 3.09. The lowest BCUT2D eigenvalue weighted by Gasteiger charge is -2.47. The summed E-state index contributed by atoms with van der Waals surface area (Å²) in [6.45, 7) is 4.26. The Bertz CT molecular complexity index is 605. The number of morpholine rings is 1. The largest absolute Gasteiger partial charge is 0.384 e. The van der Waals surface area contributed by atoms with Crippen LogP contribution in [0.5, 0.6) is 0 Å². The molecule has 0 spiro atoms. The average molecular weight is 348 g/mol. The van der Waals surface area contributed by atoms with Crippen LogP contribution in [0.1, 0.15) is 16.8 Å². The number of carbonyl (C=O) groups excluding carboxylic acids is 1. The van der Waals surface area contributed by atoms with E-state index in [0.29, 0.717) is 37.3 Å². The van der Waals surface area contributed by atoms with E-state index in [4.69, 9.17) is 14.2 Å². The van der Waals surface area contributed by atoms with Crippen LogP contribution in [0.15, 0.2) is 12.4 Å². The minimum absolute atomic E-state index is 0.0962. The molecule has 3 fully saturated rings. The van der Waals surface area contributed by atoms with Crippen molar-refractivity contribution in [3.63, 3.8) is 0 Å². The molecule has 0 aromatic carbocycles. The van der Waals surface area contributed by atoms with Crippen LogP contribution >= 0.6 is 0 Å². The molecule has 3 heterocycles. The summed E-state index contributed by atoms with van der Waals surface area (Å²) >= 11 is 0. The van der Waals surface area contributed by atoms with Gasteiger partial charge in [-0.25, -0.2) is 9.97 Å². The smallest absolute Gasteiger partial charge is 0.254 e. The third-order valence-electron chi connectivity index (χ3n) is 5.38. The topological polar surface area (TPSA) is 85.8 Å². The number of fused-ring (bicyclic) bond motifs is 1. The van der Waals surface area contributed by atoms with Crippen molar-refractivity contribution in [1.82, 2.24) is 15.3 Å². The Morgan fingerprint density at radius 3 is 2.80 bits per heavy atom. The third-order valence-corrected chi connectivity index (χ3v) is 5.38. The standard InChI is InChI=1S/C17H24N4O4/c1-23-10-13-14(12-2-5-25-15(12)13)20-16(22)11-8-18-17(19-9-11)21-3-6-24-7-4-21/h8-9,12-15H,2-7,10H2,1H3,(H,20,22)/t12-,13+,14+,15-/m0/s1. The van der Waals surface area contributed by atoms with Crippen LogP contribution in [0.25, 0.3) is 0 Å². The minimum Gasteiger partial charge on any atom is -0.384 e. The predicted octanol–water partition coefficient (Wildman–Crippen LogP) is 0.0929. The molecule has 1 amide bonds. The molecule has 1 aromatic rings. The number of methoxy groups -OCH3 is 1.